The van der Waals surface area contributed by atoms with Gasteiger partial charge in [0, 0.05) is 11.8 Å². The first-order chi connectivity index (χ1) is 8.01. The Morgan fingerprint density at radius 1 is 1.59 bits per heavy atom. The number of hydrogen-bond donors (Lipinski definition) is 2. The van der Waals surface area contributed by atoms with Crippen molar-refractivity contribution in [2.75, 3.05) is 7.11 Å². The quantitative estimate of drug-likeness (QED) is 0.569. The van der Waals surface area contributed by atoms with Crippen LogP contribution in [-0.2, 0) is 4.74 Å². The second-order valence-electron chi connectivity index (χ2n) is 3.44. The van der Waals surface area contributed by atoms with Crippen molar-refractivity contribution in [1.29, 1.82) is 5.26 Å². The van der Waals surface area contributed by atoms with Crippen molar-refractivity contribution in [2.45, 2.75) is 19.1 Å². The summed E-state index contributed by atoms with van der Waals surface area (Å²) < 4.78 is 4.52. The van der Waals surface area contributed by atoms with Gasteiger partial charge in [0.05, 0.1) is 13.2 Å². The zero-order valence-electron chi connectivity index (χ0n) is 9.41. The number of aliphatic hydroxyl groups is 2. The number of nitrogens with zero attached hydrogens (tertiary/aromatic N) is 2. The standard InChI is InChI=1S/C11H12N2O4/c1-6-3-7(10(15)8(14)4-12)5-13-9(6)11(16)17-2/h3,5,8,10,14-15H,1-2H3. The van der Waals surface area contributed by atoms with E-state index in [0.29, 0.717) is 5.56 Å². The van der Waals surface area contributed by atoms with E-state index >= 15 is 0 Å². The highest BCUT2D eigenvalue weighted by Crippen LogP contribution is 2.18. The number of aliphatic hydroxyl groups excluding tert-OH is 2. The summed E-state index contributed by atoms with van der Waals surface area (Å²) in [7, 11) is 1.24. The third-order valence-electron chi connectivity index (χ3n) is 2.25. The fourth-order valence-electron chi connectivity index (χ4n) is 1.32. The lowest BCUT2D eigenvalue weighted by atomic mass is 10.0. The number of carbonyl (C=O) groups is 1. The molecule has 6 nitrogen and oxygen atoms in total. The van der Waals surface area contributed by atoms with Crippen molar-refractivity contribution >= 4 is 5.97 Å². The Kier molecular flexibility index (Phi) is 4.15. The molecule has 0 saturated heterocycles. The van der Waals surface area contributed by atoms with Gasteiger partial charge in [0.1, 0.15) is 6.10 Å². The van der Waals surface area contributed by atoms with Gasteiger partial charge in [-0.25, -0.2) is 9.78 Å². The van der Waals surface area contributed by atoms with Crippen molar-refractivity contribution in [3.8, 4) is 6.07 Å². The summed E-state index contributed by atoms with van der Waals surface area (Å²) in [5.74, 6) is -0.579. The number of nitriles is 1. The maximum absolute atomic E-state index is 11.3. The van der Waals surface area contributed by atoms with Gasteiger partial charge < -0.3 is 14.9 Å². The molecule has 2 N–H and O–H groups in total. The summed E-state index contributed by atoms with van der Waals surface area (Å²) in [6.07, 6.45) is -1.65. The molecule has 90 valence electrons. The number of methoxy groups -OCH3 is 1. The molecule has 0 radical (unpaired) electrons. The van der Waals surface area contributed by atoms with Crippen LogP contribution in [0.5, 0.6) is 0 Å². The molecule has 0 aliphatic heterocycles. The molecule has 0 aliphatic rings. The highest BCUT2D eigenvalue weighted by atomic mass is 16.5. The summed E-state index contributed by atoms with van der Waals surface area (Å²) in [6.45, 7) is 1.62. The normalized spacial score (nSPS) is 13.6. The van der Waals surface area contributed by atoms with E-state index in [1.165, 1.54) is 25.4 Å². The lowest BCUT2D eigenvalue weighted by Gasteiger charge is -2.13. The zero-order valence-corrected chi connectivity index (χ0v) is 9.41. The SMILES string of the molecule is COC(=O)c1ncc(C(O)C(O)C#N)cc1C. The molecule has 0 amide bonds. The summed E-state index contributed by atoms with van der Waals surface area (Å²) in [4.78, 5) is 15.1. The molecular weight excluding hydrogens is 224 g/mol. The second-order valence-corrected chi connectivity index (χ2v) is 3.44. The predicted molar refractivity (Wildman–Crippen MR) is 56.9 cm³/mol. The topological polar surface area (TPSA) is 103 Å². The molecule has 1 aromatic heterocycles. The van der Waals surface area contributed by atoms with Crippen LogP contribution in [0.25, 0.3) is 0 Å². The minimum absolute atomic E-state index is 0.134. The first-order valence-electron chi connectivity index (χ1n) is 4.82. The monoisotopic (exact) mass is 236 g/mol. The van der Waals surface area contributed by atoms with Crippen LogP contribution in [0.4, 0.5) is 0 Å². The van der Waals surface area contributed by atoms with Gasteiger partial charge >= 0.3 is 5.97 Å². The smallest absolute Gasteiger partial charge is 0.356 e. The van der Waals surface area contributed by atoms with Crippen LogP contribution in [0.15, 0.2) is 12.3 Å². The molecule has 17 heavy (non-hydrogen) atoms. The molecule has 0 aromatic carbocycles. The zero-order chi connectivity index (χ0) is 13.0. The molecule has 6 heteroatoms. The number of aryl methyl sites for hydroxylation is 1. The van der Waals surface area contributed by atoms with E-state index in [0.717, 1.165) is 0 Å². The fraction of sp³-hybridized carbons (Fsp3) is 0.364. The average molecular weight is 236 g/mol. The Hall–Kier alpha value is -1.97. The lowest BCUT2D eigenvalue weighted by Crippen LogP contribution is -2.17. The van der Waals surface area contributed by atoms with Crippen molar-refractivity contribution in [1.82, 2.24) is 4.98 Å². The molecule has 1 heterocycles. The minimum atomic E-state index is -1.53. The summed E-state index contributed by atoms with van der Waals surface area (Å²) >= 11 is 0. The van der Waals surface area contributed by atoms with Gasteiger partial charge in [-0.15, -0.1) is 0 Å². The number of pyridine rings is 1. The highest BCUT2D eigenvalue weighted by Gasteiger charge is 2.20. The van der Waals surface area contributed by atoms with Crippen LogP contribution < -0.4 is 0 Å². The Balaban J connectivity index is 3.05. The van der Waals surface area contributed by atoms with Crippen molar-refractivity contribution in [3.05, 3.63) is 29.1 Å². The number of ether oxygens (including phenoxy) is 1. The molecule has 0 bridgehead atoms. The van der Waals surface area contributed by atoms with Crippen LogP contribution in [0.3, 0.4) is 0 Å². The van der Waals surface area contributed by atoms with E-state index in [1.54, 1.807) is 6.92 Å². The number of rotatable bonds is 3. The number of carbonyl (C=O) groups excluding carboxylic acids is 1. The molecule has 0 saturated carbocycles. The van der Waals surface area contributed by atoms with Gasteiger partial charge in [-0.3, -0.25) is 0 Å². The molecule has 1 rings (SSSR count). The second kappa shape index (κ2) is 5.39. The van der Waals surface area contributed by atoms with Crippen LogP contribution in [0, 0.1) is 18.3 Å². The van der Waals surface area contributed by atoms with E-state index < -0.39 is 18.2 Å². The Morgan fingerprint density at radius 3 is 2.71 bits per heavy atom. The molecule has 0 fully saturated rings. The Morgan fingerprint density at radius 2 is 2.24 bits per heavy atom. The average Bonchev–Trinajstić information content (AvgIpc) is 2.35. The van der Waals surface area contributed by atoms with Crippen molar-refractivity contribution < 1.29 is 19.7 Å². The molecular formula is C11H12N2O4. The Bertz CT molecular complexity index is 467. The van der Waals surface area contributed by atoms with E-state index in [2.05, 4.69) is 9.72 Å². The minimum Gasteiger partial charge on any atom is -0.464 e. The van der Waals surface area contributed by atoms with Crippen LogP contribution in [0.2, 0.25) is 0 Å². The van der Waals surface area contributed by atoms with Gasteiger partial charge in [0.2, 0.25) is 0 Å². The highest BCUT2D eigenvalue weighted by molar-refractivity contribution is 5.88. The Labute approximate surface area is 98.1 Å². The van der Waals surface area contributed by atoms with Gasteiger partial charge in [0.25, 0.3) is 0 Å². The third kappa shape index (κ3) is 2.78. The molecule has 0 aliphatic carbocycles. The van der Waals surface area contributed by atoms with Crippen molar-refractivity contribution in [3.63, 3.8) is 0 Å². The van der Waals surface area contributed by atoms with Gasteiger partial charge in [-0.2, -0.15) is 5.26 Å². The number of aromatic nitrogens is 1. The summed E-state index contributed by atoms with van der Waals surface area (Å²) in [5.41, 5.74) is 0.901. The predicted octanol–water partition coefficient (Wildman–Crippen LogP) is 0.0945. The van der Waals surface area contributed by atoms with Gasteiger partial charge in [0.15, 0.2) is 11.8 Å². The third-order valence-corrected chi connectivity index (χ3v) is 2.25. The first-order valence-corrected chi connectivity index (χ1v) is 4.82. The van der Waals surface area contributed by atoms with Crippen LogP contribution in [-0.4, -0.2) is 34.4 Å². The molecule has 2 atom stereocenters. The number of esters is 1. The van der Waals surface area contributed by atoms with Crippen LogP contribution in [0.1, 0.15) is 27.7 Å². The summed E-state index contributed by atoms with van der Waals surface area (Å²) in [5, 5.41) is 27.2. The first kappa shape index (κ1) is 13.1. The van der Waals surface area contributed by atoms with Gasteiger partial charge in [-0.05, 0) is 18.6 Å². The van der Waals surface area contributed by atoms with Crippen molar-refractivity contribution in [2.24, 2.45) is 0 Å². The fourth-order valence-corrected chi connectivity index (χ4v) is 1.32. The maximum atomic E-state index is 11.3. The number of hydrogen-bond acceptors (Lipinski definition) is 6. The van der Waals surface area contributed by atoms with Crippen LogP contribution >= 0.6 is 0 Å². The van der Waals surface area contributed by atoms with E-state index in [4.69, 9.17) is 10.4 Å². The summed E-state index contributed by atoms with van der Waals surface area (Å²) in [6, 6.07) is 2.99. The maximum Gasteiger partial charge on any atom is 0.356 e. The van der Waals surface area contributed by atoms with E-state index in [-0.39, 0.29) is 11.3 Å². The lowest BCUT2D eigenvalue weighted by molar-refractivity contribution is 0.0522. The molecule has 0 spiro atoms. The largest absolute Gasteiger partial charge is 0.464 e. The molecule has 1 aromatic rings. The van der Waals surface area contributed by atoms with E-state index in [9.17, 15) is 9.90 Å². The van der Waals surface area contributed by atoms with E-state index in [1.807, 2.05) is 0 Å². The molecule has 2 unspecified atom stereocenters. The van der Waals surface area contributed by atoms with Gasteiger partial charge in [-0.1, -0.05) is 0 Å².